The Morgan fingerprint density at radius 1 is 0.881 bits per heavy atom. The molecule has 214 valence electrons. The van der Waals surface area contributed by atoms with Crippen LogP contribution in [0.4, 0.5) is 10.5 Å². The number of ether oxygens (including phenoxy) is 1. The lowest BCUT2D eigenvalue weighted by molar-refractivity contribution is -0.118. The second-order valence-electron chi connectivity index (χ2n) is 10.2. The highest BCUT2D eigenvalue weighted by atomic mass is 16.5. The number of aromatic carboxylic acids is 1. The lowest BCUT2D eigenvalue weighted by Crippen LogP contribution is -2.50. The summed E-state index contributed by atoms with van der Waals surface area (Å²) in [7, 11) is 1.81. The molecule has 5 rings (SSSR count). The summed E-state index contributed by atoms with van der Waals surface area (Å²) in [5.74, 6) is -2.29. The van der Waals surface area contributed by atoms with Gasteiger partial charge in [-0.2, -0.15) is 0 Å². The predicted molar refractivity (Wildman–Crippen MR) is 158 cm³/mol. The zero-order valence-corrected chi connectivity index (χ0v) is 23.0. The van der Waals surface area contributed by atoms with Gasteiger partial charge in [-0.05, 0) is 53.1 Å². The molecule has 2 amide bonds. The van der Waals surface area contributed by atoms with Crippen LogP contribution >= 0.6 is 0 Å². The fourth-order valence-electron chi connectivity index (χ4n) is 5.24. The molecule has 9 heteroatoms. The number of benzene rings is 4. The molecule has 0 bridgehead atoms. The third-order valence-electron chi connectivity index (χ3n) is 7.24. The summed E-state index contributed by atoms with van der Waals surface area (Å²) in [6.45, 7) is 0.705. The Hall–Kier alpha value is -5.15. The van der Waals surface area contributed by atoms with E-state index in [-0.39, 0.29) is 36.1 Å². The molecule has 9 nitrogen and oxygen atoms in total. The molecule has 1 aliphatic carbocycles. The molecule has 0 saturated carbocycles. The molecule has 0 aromatic heterocycles. The number of nitrogens with zero attached hydrogens (tertiary/aromatic N) is 1. The van der Waals surface area contributed by atoms with E-state index in [1.54, 1.807) is 0 Å². The maximum Gasteiger partial charge on any atom is 0.407 e. The molecule has 0 spiro atoms. The third kappa shape index (κ3) is 6.42. The van der Waals surface area contributed by atoms with Gasteiger partial charge in [-0.15, -0.1) is 0 Å². The van der Waals surface area contributed by atoms with E-state index in [0.29, 0.717) is 6.54 Å². The van der Waals surface area contributed by atoms with Crippen LogP contribution in [0, 0.1) is 0 Å². The van der Waals surface area contributed by atoms with E-state index in [0.717, 1.165) is 33.9 Å². The third-order valence-corrected chi connectivity index (χ3v) is 7.24. The van der Waals surface area contributed by atoms with Crippen molar-refractivity contribution in [3.63, 3.8) is 0 Å². The largest absolute Gasteiger partial charge is 0.506 e. The number of likely N-dealkylation sites (N-methyl/N-ethyl adjacent to an activating group) is 1. The van der Waals surface area contributed by atoms with Gasteiger partial charge in [0.25, 0.3) is 0 Å². The van der Waals surface area contributed by atoms with Crippen LogP contribution in [0.5, 0.6) is 5.75 Å². The second-order valence-corrected chi connectivity index (χ2v) is 10.2. The van der Waals surface area contributed by atoms with Gasteiger partial charge in [0.05, 0.1) is 11.3 Å². The highest BCUT2D eigenvalue weighted by Gasteiger charge is 2.30. The quantitative estimate of drug-likeness (QED) is 0.198. The highest BCUT2D eigenvalue weighted by molar-refractivity contribution is 5.99. The molecule has 4 aromatic rings. The van der Waals surface area contributed by atoms with Gasteiger partial charge in [0.1, 0.15) is 18.4 Å². The number of anilines is 1. The molecule has 4 aromatic carbocycles. The lowest BCUT2D eigenvalue weighted by Gasteiger charge is -2.25. The van der Waals surface area contributed by atoms with Crippen LogP contribution in [-0.4, -0.2) is 59.3 Å². The summed E-state index contributed by atoms with van der Waals surface area (Å²) < 4.78 is 5.67. The maximum atomic E-state index is 13.4. The van der Waals surface area contributed by atoms with Crippen molar-refractivity contribution in [3.05, 3.63) is 119 Å². The van der Waals surface area contributed by atoms with Crippen molar-refractivity contribution in [2.75, 3.05) is 25.5 Å². The Kier molecular flexibility index (Phi) is 8.50. The van der Waals surface area contributed by atoms with Crippen LogP contribution in [0.25, 0.3) is 11.1 Å². The molecule has 0 radical (unpaired) electrons. The van der Waals surface area contributed by atoms with Crippen LogP contribution < -0.4 is 10.6 Å². The van der Waals surface area contributed by atoms with Gasteiger partial charge in [-0.1, -0.05) is 78.9 Å². The minimum Gasteiger partial charge on any atom is -0.506 e. The van der Waals surface area contributed by atoms with Crippen LogP contribution in [0.3, 0.4) is 0 Å². The Morgan fingerprint density at radius 3 is 2.14 bits per heavy atom. The van der Waals surface area contributed by atoms with E-state index in [9.17, 15) is 24.6 Å². The number of phenols is 1. The van der Waals surface area contributed by atoms with Crippen molar-refractivity contribution in [2.24, 2.45) is 0 Å². The molecule has 0 fully saturated rings. The highest BCUT2D eigenvalue weighted by Crippen LogP contribution is 2.44. The summed E-state index contributed by atoms with van der Waals surface area (Å²) >= 11 is 0. The van der Waals surface area contributed by atoms with Gasteiger partial charge in [0.2, 0.25) is 5.91 Å². The van der Waals surface area contributed by atoms with Crippen molar-refractivity contribution >= 4 is 23.7 Å². The Bertz CT molecular complexity index is 1560. The minimum atomic E-state index is -1.21. The average molecular weight is 566 g/mol. The predicted octanol–water partition coefficient (Wildman–Crippen LogP) is 5.07. The van der Waals surface area contributed by atoms with E-state index in [1.807, 2.05) is 90.8 Å². The van der Waals surface area contributed by atoms with E-state index in [1.165, 1.54) is 12.1 Å². The molecule has 0 aliphatic heterocycles. The number of aromatic hydroxyl groups is 1. The molecule has 1 aliphatic rings. The van der Waals surface area contributed by atoms with Crippen LogP contribution in [0.1, 0.15) is 33.0 Å². The van der Waals surface area contributed by atoms with Crippen molar-refractivity contribution in [2.45, 2.75) is 18.5 Å². The summed E-state index contributed by atoms with van der Waals surface area (Å²) in [4.78, 5) is 39.8. The Balaban J connectivity index is 1.30. The van der Waals surface area contributed by atoms with Gasteiger partial charge < -0.3 is 25.6 Å². The number of alkyl carbamates (subject to hydrolysis) is 1. The van der Waals surface area contributed by atoms with Crippen molar-refractivity contribution in [1.29, 1.82) is 0 Å². The number of amides is 2. The first-order chi connectivity index (χ1) is 20.3. The molecule has 42 heavy (non-hydrogen) atoms. The van der Waals surface area contributed by atoms with Gasteiger partial charge >= 0.3 is 12.1 Å². The van der Waals surface area contributed by atoms with E-state index in [2.05, 4.69) is 10.6 Å². The Morgan fingerprint density at radius 2 is 1.50 bits per heavy atom. The molecular formula is C33H31N3O6. The molecule has 1 atom stereocenters. The summed E-state index contributed by atoms with van der Waals surface area (Å²) in [5.41, 5.74) is 5.17. The fraction of sp³-hybridized carbons (Fsp3) is 0.182. The first-order valence-electron chi connectivity index (χ1n) is 13.5. The minimum absolute atomic E-state index is 0.0788. The fourth-order valence-corrected chi connectivity index (χ4v) is 5.24. The molecule has 1 unspecified atom stereocenters. The molecule has 0 heterocycles. The lowest BCUT2D eigenvalue weighted by atomic mass is 9.98. The van der Waals surface area contributed by atoms with Crippen LogP contribution in [-0.2, 0) is 16.1 Å². The number of nitrogens with one attached hydrogen (secondary N) is 2. The molecule has 0 saturated heterocycles. The molecule has 4 N–H and O–H groups in total. The number of carboxylic acids is 1. The molecular weight excluding hydrogens is 534 g/mol. The number of carbonyl (C=O) groups is 3. The summed E-state index contributed by atoms with van der Waals surface area (Å²) in [6, 6.07) is 28.2. The van der Waals surface area contributed by atoms with Gasteiger partial charge in [0.15, 0.2) is 0 Å². The number of carboxylic acid groups (broad SMARTS) is 1. The van der Waals surface area contributed by atoms with E-state index in [4.69, 9.17) is 4.74 Å². The number of carbonyl (C=O) groups excluding carboxylic acids is 2. The summed E-state index contributed by atoms with van der Waals surface area (Å²) in [6.07, 6.45) is -0.770. The smallest absolute Gasteiger partial charge is 0.407 e. The van der Waals surface area contributed by atoms with Crippen LogP contribution in [0.2, 0.25) is 0 Å². The second kappa shape index (κ2) is 12.6. The number of hydrogen-bond donors (Lipinski definition) is 4. The first kappa shape index (κ1) is 28.4. The van der Waals surface area contributed by atoms with Gasteiger partial charge in [-0.25, -0.2) is 9.59 Å². The number of hydrogen-bond acceptors (Lipinski definition) is 6. The summed E-state index contributed by atoms with van der Waals surface area (Å²) in [5, 5.41) is 24.8. The zero-order chi connectivity index (χ0) is 29.6. The average Bonchev–Trinajstić information content (AvgIpc) is 3.30. The topological polar surface area (TPSA) is 128 Å². The normalized spacial score (nSPS) is 12.7. The van der Waals surface area contributed by atoms with Crippen molar-refractivity contribution < 1.29 is 29.3 Å². The van der Waals surface area contributed by atoms with Crippen LogP contribution in [0.15, 0.2) is 97.1 Å². The Labute approximate surface area is 243 Å². The monoisotopic (exact) mass is 565 g/mol. The number of rotatable bonds is 10. The van der Waals surface area contributed by atoms with E-state index >= 15 is 0 Å². The SMILES string of the molecule is CN(Cc1ccccc1)CC(NC(=O)OCC1c2ccccc2-c2ccccc21)C(=O)Nc1cc(C(=O)O)ccc1O. The van der Waals surface area contributed by atoms with Crippen molar-refractivity contribution in [1.82, 2.24) is 10.2 Å². The van der Waals surface area contributed by atoms with E-state index < -0.39 is 24.0 Å². The standard InChI is InChI=1S/C33H31N3O6/c1-36(18-21-9-3-2-4-10-21)19-29(31(38)34-28-17-22(32(39)40)15-16-30(28)37)35-33(41)42-20-27-25-13-7-5-11-23(25)24-12-6-8-14-26(24)27/h2-17,27,29,37H,18-20H2,1H3,(H,34,38)(H,35,41)(H,39,40). The first-order valence-corrected chi connectivity index (χ1v) is 13.5. The van der Waals surface area contributed by atoms with Gasteiger partial charge in [0, 0.05) is 19.0 Å². The zero-order valence-electron chi connectivity index (χ0n) is 23.0. The number of phenolic OH excluding ortho intramolecular Hbond substituents is 1. The van der Waals surface area contributed by atoms with Crippen molar-refractivity contribution in [3.8, 4) is 16.9 Å². The number of fused-ring (bicyclic) bond motifs is 3. The van der Waals surface area contributed by atoms with Gasteiger partial charge in [-0.3, -0.25) is 9.69 Å². The maximum absolute atomic E-state index is 13.4.